The molecule has 0 radical (unpaired) electrons. The molecule has 2 unspecified atom stereocenters. The molecule has 0 aliphatic heterocycles. The third-order valence-electron chi connectivity index (χ3n) is 6.44. The quantitative estimate of drug-likeness (QED) is 0.273. The molecular formula is C31H43ClN4O5. The zero-order valence-electron chi connectivity index (χ0n) is 25.1. The molecule has 0 aliphatic rings. The van der Waals surface area contributed by atoms with Crippen LogP contribution in [-0.2, 0) is 19.1 Å². The lowest BCUT2D eigenvalue weighted by molar-refractivity contribution is -0.142. The Morgan fingerprint density at radius 1 is 1.02 bits per heavy atom. The van der Waals surface area contributed by atoms with E-state index in [1.165, 1.54) is 4.90 Å². The molecule has 10 heteroatoms. The van der Waals surface area contributed by atoms with Gasteiger partial charge in [0.05, 0.1) is 17.1 Å². The predicted octanol–water partition coefficient (Wildman–Crippen LogP) is 5.73. The van der Waals surface area contributed by atoms with Gasteiger partial charge < -0.3 is 26.0 Å². The predicted molar refractivity (Wildman–Crippen MR) is 162 cm³/mol. The number of anilines is 1. The van der Waals surface area contributed by atoms with Crippen LogP contribution < -0.4 is 16.4 Å². The molecule has 0 bridgehead atoms. The molecule has 0 heterocycles. The summed E-state index contributed by atoms with van der Waals surface area (Å²) < 4.78 is 5.34. The van der Waals surface area contributed by atoms with E-state index in [0.29, 0.717) is 22.7 Å². The monoisotopic (exact) mass is 586 g/mol. The van der Waals surface area contributed by atoms with Crippen LogP contribution in [0.25, 0.3) is 0 Å². The molecule has 41 heavy (non-hydrogen) atoms. The van der Waals surface area contributed by atoms with Crippen LogP contribution >= 0.6 is 11.6 Å². The van der Waals surface area contributed by atoms with Gasteiger partial charge in [-0.15, -0.1) is 0 Å². The minimum Gasteiger partial charge on any atom is -0.444 e. The number of halogens is 1. The fourth-order valence-corrected chi connectivity index (χ4v) is 4.71. The number of carbonyl (C=O) groups is 4. The summed E-state index contributed by atoms with van der Waals surface area (Å²) in [6.07, 6.45) is 0.937. The van der Waals surface area contributed by atoms with Crippen LogP contribution in [0.1, 0.15) is 81.7 Å². The first-order valence-corrected chi connectivity index (χ1v) is 14.2. The van der Waals surface area contributed by atoms with Crippen molar-refractivity contribution in [2.45, 2.75) is 91.8 Å². The second kappa shape index (κ2) is 14.9. The van der Waals surface area contributed by atoms with Gasteiger partial charge >= 0.3 is 6.09 Å². The second-order valence-corrected chi connectivity index (χ2v) is 11.7. The first kappa shape index (κ1) is 33.6. The molecule has 0 saturated heterocycles. The summed E-state index contributed by atoms with van der Waals surface area (Å²) in [6.45, 7) is 12.9. The molecule has 0 aliphatic carbocycles. The highest BCUT2D eigenvalue weighted by Gasteiger charge is 2.37. The van der Waals surface area contributed by atoms with Gasteiger partial charge in [-0.05, 0) is 70.7 Å². The molecule has 224 valence electrons. The van der Waals surface area contributed by atoms with Crippen LogP contribution in [0.15, 0.2) is 36.4 Å². The third kappa shape index (κ3) is 10.1. The van der Waals surface area contributed by atoms with E-state index in [4.69, 9.17) is 22.1 Å². The maximum absolute atomic E-state index is 14.2. The van der Waals surface area contributed by atoms with Gasteiger partial charge in [0.15, 0.2) is 0 Å². The van der Waals surface area contributed by atoms with Gasteiger partial charge in [-0.3, -0.25) is 14.4 Å². The van der Waals surface area contributed by atoms with E-state index in [2.05, 4.69) is 10.6 Å². The molecule has 2 aromatic rings. The fourth-order valence-electron chi connectivity index (χ4n) is 4.44. The summed E-state index contributed by atoms with van der Waals surface area (Å²) in [5.74, 6) is -1.88. The molecule has 9 nitrogen and oxygen atoms in total. The number of primary amides is 1. The summed E-state index contributed by atoms with van der Waals surface area (Å²) in [7, 11) is 0. The lowest BCUT2D eigenvalue weighted by Crippen LogP contribution is -2.53. The number of nitrogens with zero attached hydrogens (tertiary/aromatic N) is 1. The van der Waals surface area contributed by atoms with Gasteiger partial charge in [0.1, 0.15) is 17.7 Å². The minimum absolute atomic E-state index is 0.199. The average molecular weight is 587 g/mol. The Morgan fingerprint density at radius 3 is 2.29 bits per heavy atom. The van der Waals surface area contributed by atoms with Gasteiger partial charge in [0, 0.05) is 6.54 Å². The molecule has 0 spiro atoms. The molecule has 0 saturated carbocycles. The van der Waals surface area contributed by atoms with E-state index in [9.17, 15) is 19.2 Å². The van der Waals surface area contributed by atoms with Gasteiger partial charge in [0.2, 0.25) is 11.8 Å². The fraction of sp³-hybridized carbons (Fsp3) is 0.484. The van der Waals surface area contributed by atoms with Gasteiger partial charge in [-0.2, -0.15) is 0 Å². The number of ether oxygens (including phenoxy) is 1. The Bertz CT molecular complexity index is 1240. The summed E-state index contributed by atoms with van der Waals surface area (Å²) in [6, 6.07) is 8.53. The first-order chi connectivity index (χ1) is 19.1. The molecule has 2 aromatic carbocycles. The Kier molecular flexibility index (Phi) is 12.2. The van der Waals surface area contributed by atoms with Crippen molar-refractivity contribution in [2.24, 2.45) is 5.73 Å². The van der Waals surface area contributed by atoms with Crippen LogP contribution in [0.2, 0.25) is 5.02 Å². The van der Waals surface area contributed by atoms with Crippen molar-refractivity contribution < 1.29 is 23.9 Å². The van der Waals surface area contributed by atoms with Gasteiger partial charge in [-0.1, -0.05) is 67.3 Å². The number of unbranched alkanes of at least 4 members (excludes halogenated alkanes) is 2. The Hall–Kier alpha value is -3.59. The molecule has 4 N–H and O–H groups in total. The minimum atomic E-state index is -1.34. The molecule has 2 atom stereocenters. The number of nitrogens with one attached hydrogen (secondary N) is 2. The number of aryl methyl sites for hydroxylation is 3. The van der Waals surface area contributed by atoms with Crippen LogP contribution in [0.3, 0.4) is 0 Å². The zero-order valence-corrected chi connectivity index (χ0v) is 25.9. The highest BCUT2D eigenvalue weighted by Crippen LogP contribution is 2.31. The van der Waals surface area contributed by atoms with Crippen molar-refractivity contribution in [2.75, 3.05) is 11.9 Å². The van der Waals surface area contributed by atoms with E-state index in [0.717, 1.165) is 29.5 Å². The molecule has 4 amide bonds. The van der Waals surface area contributed by atoms with Crippen LogP contribution in [-0.4, -0.2) is 46.9 Å². The number of para-hydroxylation sites is 1. The number of rotatable bonds is 12. The summed E-state index contributed by atoms with van der Waals surface area (Å²) >= 11 is 6.44. The first-order valence-electron chi connectivity index (χ1n) is 13.9. The van der Waals surface area contributed by atoms with Crippen molar-refractivity contribution in [3.63, 3.8) is 0 Å². The Morgan fingerprint density at radius 2 is 1.71 bits per heavy atom. The third-order valence-corrected chi connectivity index (χ3v) is 6.75. The summed E-state index contributed by atoms with van der Waals surface area (Å²) in [5, 5.41) is 5.80. The Balaban J connectivity index is 2.65. The number of carbonyl (C=O) groups excluding carboxylic acids is 4. The summed E-state index contributed by atoms with van der Waals surface area (Å²) in [5.41, 5.74) is 8.17. The maximum atomic E-state index is 14.2. The lowest BCUT2D eigenvalue weighted by atomic mass is 9.95. The lowest BCUT2D eigenvalue weighted by Gasteiger charge is -2.35. The second-order valence-electron chi connectivity index (χ2n) is 11.3. The van der Waals surface area contributed by atoms with Gasteiger partial charge in [-0.25, -0.2) is 4.79 Å². The van der Waals surface area contributed by atoms with E-state index < -0.39 is 47.9 Å². The molecular weight excluding hydrogens is 544 g/mol. The van der Waals surface area contributed by atoms with Crippen molar-refractivity contribution in [3.05, 3.63) is 63.7 Å². The maximum Gasteiger partial charge on any atom is 0.408 e. The number of nitrogens with two attached hydrogens (primary N) is 1. The SMILES string of the molecule is CCCCCN(C(=O)C(CC(N)=O)NC(=O)OC(C)(C)C)C(C(=O)Nc1c(C)cccc1Cl)c1cc(C)ccc1C. The standard InChI is InChI=1S/C31H43ClN4O5/c1-8-9-10-16-36(29(39)24(18-25(33)37)34-30(40)41-31(5,6)7)27(22-17-19(2)14-15-20(22)3)28(38)35-26-21(4)12-11-13-23(26)32/h11-15,17,24,27H,8-10,16,18H2,1-7H3,(H2,33,37)(H,34,40)(H,35,38). The van der Waals surface area contributed by atoms with Crippen molar-refractivity contribution in [1.82, 2.24) is 10.2 Å². The molecule has 0 fully saturated rings. The van der Waals surface area contributed by atoms with E-state index in [1.54, 1.807) is 32.9 Å². The zero-order chi connectivity index (χ0) is 30.9. The van der Waals surface area contributed by atoms with Crippen LogP contribution in [0.5, 0.6) is 0 Å². The van der Waals surface area contributed by atoms with Crippen LogP contribution in [0.4, 0.5) is 10.5 Å². The van der Waals surface area contributed by atoms with Crippen molar-refractivity contribution in [3.8, 4) is 0 Å². The highest BCUT2D eigenvalue weighted by molar-refractivity contribution is 6.34. The van der Waals surface area contributed by atoms with Crippen molar-refractivity contribution >= 4 is 41.1 Å². The summed E-state index contributed by atoms with van der Waals surface area (Å²) in [4.78, 5) is 54.5. The average Bonchev–Trinajstić information content (AvgIpc) is 2.85. The Labute approximate surface area is 248 Å². The van der Waals surface area contributed by atoms with E-state index >= 15 is 0 Å². The number of benzene rings is 2. The van der Waals surface area contributed by atoms with Crippen molar-refractivity contribution in [1.29, 1.82) is 0 Å². The number of amides is 4. The largest absolute Gasteiger partial charge is 0.444 e. The number of alkyl carbamates (subject to hydrolysis) is 1. The smallest absolute Gasteiger partial charge is 0.408 e. The number of hydrogen-bond donors (Lipinski definition) is 3. The normalized spacial score (nSPS) is 12.7. The topological polar surface area (TPSA) is 131 Å². The molecule has 0 aromatic heterocycles. The van der Waals surface area contributed by atoms with Crippen LogP contribution in [0, 0.1) is 20.8 Å². The number of hydrogen-bond acceptors (Lipinski definition) is 5. The van der Waals surface area contributed by atoms with Gasteiger partial charge in [0.25, 0.3) is 5.91 Å². The van der Waals surface area contributed by atoms with E-state index in [-0.39, 0.29) is 6.54 Å². The van der Waals surface area contributed by atoms with E-state index in [1.807, 2.05) is 52.0 Å². The highest BCUT2D eigenvalue weighted by atomic mass is 35.5. The molecule has 2 rings (SSSR count).